The smallest absolute Gasteiger partial charge is 0.0484 e. The quantitative estimate of drug-likeness (QED) is 0.0751. The summed E-state index contributed by atoms with van der Waals surface area (Å²) in [5.41, 5.74) is 12.7. The van der Waals surface area contributed by atoms with Crippen LogP contribution in [0.5, 0.6) is 0 Å². The molecule has 396 valence electrons. The lowest BCUT2D eigenvalue weighted by Gasteiger charge is -2.35. The van der Waals surface area contributed by atoms with Crippen molar-refractivity contribution < 1.29 is 0 Å². The Morgan fingerprint density at radius 2 is 0.933 bits per heavy atom. The molecule has 3 aromatic carbocycles. The molecule has 1 fully saturated rings. The van der Waals surface area contributed by atoms with Gasteiger partial charge in [0.05, 0.1) is 0 Å². The van der Waals surface area contributed by atoms with Crippen LogP contribution in [-0.4, -0.2) is 0 Å². The molecule has 1 saturated carbocycles. The summed E-state index contributed by atoms with van der Waals surface area (Å²) in [6, 6.07) is 39.3. The van der Waals surface area contributed by atoms with Crippen LogP contribution in [0, 0.1) is 6.92 Å². The Morgan fingerprint density at radius 1 is 0.440 bits per heavy atom. The molecule has 5 heterocycles. The molecule has 0 atom stereocenters. The molecule has 0 aliphatic heterocycles. The van der Waals surface area contributed by atoms with Crippen LogP contribution in [0.3, 0.4) is 0 Å². The highest BCUT2D eigenvalue weighted by molar-refractivity contribution is 7.30. The average molecular weight is 1090 g/mol. The molecule has 0 radical (unpaired) electrons. The second-order valence-electron chi connectivity index (χ2n) is 23.4. The molecule has 0 unspecified atom stereocenters. The lowest BCUT2D eigenvalue weighted by atomic mass is 9.68. The number of unbranched alkanes of at least 4 members (excludes halogenated alkanes) is 6. The Kier molecular flexibility index (Phi) is 18.6. The fourth-order valence-electron chi connectivity index (χ4n) is 13.4. The van der Waals surface area contributed by atoms with Crippen molar-refractivity contribution in [2.75, 3.05) is 0 Å². The van der Waals surface area contributed by atoms with Crippen molar-refractivity contribution in [1.29, 1.82) is 0 Å². The van der Waals surface area contributed by atoms with E-state index in [2.05, 4.69) is 150 Å². The van der Waals surface area contributed by atoms with E-state index in [4.69, 9.17) is 0 Å². The van der Waals surface area contributed by atoms with Crippen LogP contribution in [0.15, 0.2) is 97.1 Å². The minimum atomic E-state index is 0.0288. The maximum absolute atomic E-state index is 2.77. The molecule has 75 heavy (non-hydrogen) atoms. The topological polar surface area (TPSA) is 0 Å². The number of benzene rings is 3. The third-order valence-corrected chi connectivity index (χ3v) is 23.7. The highest BCUT2D eigenvalue weighted by Crippen LogP contribution is 2.59. The van der Waals surface area contributed by atoms with Crippen molar-refractivity contribution in [3.63, 3.8) is 0 Å². The largest absolute Gasteiger partial charge is 0.140 e. The first-order valence-electron chi connectivity index (χ1n) is 30.0. The van der Waals surface area contributed by atoms with E-state index in [1.165, 1.54) is 233 Å². The minimum Gasteiger partial charge on any atom is -0.140 e. The van der Waals surface area contributed by atoms with Crippen LogP contribution in [0.25, 0.3) is 71.4 Å². The second kappa shape index (κ2) is 25.5. The Balaban J connectivity index is 1.02. The van der Waals surface area contributed by atoms with E-state index in [-0.39, 0.29) is 10.8 Å². The zero-order chi connectivity index (χ0) is 51.8. The Hall–Kier alpha value is -3.58. The van der Waals surface area contributed by atoms with Gasteiger partial charge >= 0.3 is 0 Å². The highest BCUT2D eigenvalue weighted by atomic mass is 32.1. The van der Waals surface area contributed by atoms with Crippen molar-refractivity contribution in [1.82, 2.24) is 0 Å². The van der Waals surface area contributed by atoms with Gasteiger partial charge in [0.15, 0.2) is 0 Å². The maximum atomic E-state index is 2.77. The molecule has 5 heteroatoms. The molecule has 0 amide bonds. The molecule has 8 aromatic rings. The van der Waals surface area contributed by atoms with E-state index in [1.807, 2.05) is 45.3 Å². The number of hydrogen-bond acceptors (Lipinski definition) is 5. The monoisotopic (exact) mass is 1090 g/mol. The van der Waals surface area contributed by atoms with Crippen molar-refractivity contribution in [2.45, 2.75) is 219 Å². The lowest BCUT2D eigenvalue weighted by Crippen LogP contribution is -2.27. The Morgan fingerprint density at radius 3 is 1.47 bits per heavy atom. The molecule has 0 bridgehead atoms. The summed E-state index contributed by atoms with van der Waals surface area (Å²) in [4.78, 5) is 14.4. The zero-order valence-corrected chi connectivity index (χ0v) is 50.7. The molecular formula is C70H86S5. The predicted octanol–water partition coefficient (Wildman–Crippen LogP) is 24.9. The summed E-state index contributed by atoms with van der Waals surface area (Å²) in [6.07, 6.45) is 34.2. The summed E-state index contributed by atoms with van der Waals surface area (Å²) < 4.78 is 0. The van der Waals surface area contributed by atoms with Gasteiger partial charge in [0.25, 0.3) is 0 Å². The number of rotatable bonds is 18. The van der Waals surface area contributed by atoms with E-state index in [9.17, 15) is 0 Å². The molecule has 10 rings (SSSR count). The molecule has 0 N–H and O–H groups in total. The van der Waals surface area contributed by atoms with E-state index in [0.29, 0.717) is 0 Å². The van der Waals surface area contributed by atoms with Gasteiger partial charge in [-0.25, -0.2) is 0 Å². The molecule has 2 aliphatic carbocycles. The van der Waals surface area contributed by atoms with Crippen LogP contribution >= 0.6 is 56.7 Å². The SMILES string of the molecule is CCCCCCc1c(-c2ccc(-c3ccc(C)s3)s2)sc(-c2ccc(-c3ccc(-c4ccc5c(c4)C4(CCCCCCCCCCCCCC4)c4cc(C(C)(C)CCC)c6ccccc6c4-5)s3)s2)c1CCCCCC. The average Bonchev–Trinajstić information content (AvgIpc) is 4.33. The van der Waals surface area contributed by atoms with E-state index in [1.54, 1.807) is 38.3 Å². The standard InChI is InChI=1S/C70H86S5/c1-7-10-12-24-32-53-54(33-25-13-11-8-2)68(75-67(53)64-42-40-61(73-64)60-37-34-49(4)71-60)65-43-41-63(74-65)62-39-38-59(72-62)50-35-36-55-57(47-50)70(45-28-22-20-18-16-14-15-17-19-21-23-29-46-70)58-48-56(69(5,6)44-9-3)51-30-26-27-31-52(51)66(55)58/h26-27,30-31,34-43,47-48H,7-25,28-29,32-33,44-46H2,1-6H3. The number of fused-ring (bicyclic) bond motifs is 7. The molecular weight excluding hydrogens is 1000 g/mol. The van der Waals surface area contributed by atoms with Crippen LogP contribution in [0.2, 0.25) is 0 Å². The fourth-order valence-corrected chi connectivity index (χ4v) is 19.1. The van der Waals surface area contributed by atoms with E-state index in [0.717, 1.165) is 0 Å². The summed E-state index contributed by atoms with van der Waals surface area (Å²) >= 11 is 10.1. The molecule has 0 saturated heterocycles. The molecule has 0 nitrogen and oxygen atoms in total. The molecule has 2 aliphatic rings. The van der Waals surface area contributed by atoms with Gasteiger partial charge in [0.1, 0.15) is 0 Å². The van der Waals surface area contributed by atoms with Crippen LogP contribution in [-0.2, 0) is 23.7 Å². The molecule has 5 aromatic heterocycles. The second-order valence-corrected chi connectivity index (χ2v) is 28.9. The van der Waals surface area contributed by atoms with Gasteiger partial charge in [-0.2, -0.15) is 0 Å². The fraction of sp³-hybridized carbons (Fsp3) is 0.486. The van der Waals surface area contributed by atoms with Crippen molar-refractivity contribution in [3.8, 4) is 60.6 Å². The first-order valence-corrected chi connectivity index (χ1v) is 34.0. The first-order chi connectivity index (χ1) is 36.7. The van der Waals surface area contributed by atoms with Gasteiger partial charge in [-0.3, -0.25) is 0 Å². The van der Waals surface area contributed by atoms with Gasteiger partial charge < -0.3 is 0 Å². The van der Waals surface area contributed by atoms with Gasteiger partial charge in [0, 0.05) is 54.2 Å². The van der Waals surface area contributed by atoms with Crippen LogP contribution in [0.4, 0.5) is 0 Å². The lowest BCUT2D eigenvalue weighted by molar-refractivity contribution is 0.398. The zero-order valence-electron chi connectivity index (χ0n) is 46.7. The normalized spacial score (nSPS) is 15.6. The van der Waals surface area contributed by atoms with Crippen LogP contribution in [0.1, 0.15) is 221 Å². The van der Waals surface area contributed by atoms with Gasteiger partial charge in [-0.1, -0.05) is 199 Å². The predicted molar refractivity (Wildman–Crippen MR) is 340 cm³/mol. The van der Waals surface area contributed by atoms with Crippen LogP contribution < -0.4 is 0 Å². The number of thiophene rings is 5. The van der Waals surface area contributed by atoms with Gasteiger partial charge in [-0.15, -0.1) is 56.7 Å². The summed E-state index contributed by atoms with van der Waals surface area (Å²) in [7, 11) is 0. The number of hydrogen-bond donors (Lipinski definition) is 0. The van der Waals surface area contributed by atoms with E-state index < -0.39 is 0 Å². The highest BCUT2D eigenvalue weighted by Gasteiger charge is 2.44. The van der Waals surface area contributed by atoms with Gasteiger partial charge in [-0.05, 0) is 167 Å². The van der Waals surface area contributed by atoms with E-state index >= 15 is 0 Å². The molecule has 1 spiro atoms. The third kappa shape index (κ3) is 12.0. The summed E-state index contributed by atoms with van der Waals surface area (Å²) in [6.45, 7) is 14.3. The third-order valence-electron chi connectivity index (χ3n) is 17.4. The van der Waals surface area contributed by atoms with Gasteiger partial charge in [0.2, 0.25) is 0 Å². The summed E-state index contributed by atoms with van der Waals surface area (Å²) in [5, 5.41) is 2.94. The van der Waals surface area contributed by atoms with Crippen molar-refractivity contribution >= 4 is 67.5 Å². The minimum absolute atomic E-state index is 0.0288. The summed E-state index contributed by atoms with van der Waals surface area (Å²) in [5.74, 6) is 0. The Labute approximate surface area is 473 Å². The maximum Gasteiger partial charge on any atom is 0.0484 e. The van der Waals surface area contributed by atoms with Crippen molar-refractivity contribution in [3.05, 3.63) is 130 Å². The number of aryl methyl sites for hydroxylation is 1. The Bertz CT molecular complexity index is 3100. The van der Waals surface area contributed by atoms with Crippen molar-refractivity contribution in [2.24, 2.45) is 0 Å². The first kappa shape index (κ1) is 54.8.